The standard InChI is InChI=1S/C16H11IN2O/c17-13-6-7-15(20)12(9-13)10-19-14-5-1-3-11-4-2-8-18-16(11)14/h1-10,20H. The SMILES string of the molecule is Oc1ccc(I)cc1C=Nc1cccc2cccnc12. The van der Waals surface area contributed by atoms with Gasteiger partial charge in [0.15, 0.2) is 0 Å². The lowest BCUT2D eigenvalue weighted by Crippen LogP contribution is -1.84. The van der Waals surface area contributed by atoms with E-state index in [1.54, 1.807) is 18.5 Å². The van der Waals surface area contributed by atoms with Crippen molar-refractivity contribution in [3.63, 3.8) is 0 Å². The fourth-order valence-corrected chi connectivity index (χ4v) is 2.48. The van der Waals surface area contributed by atoms with Crippen LogP contribution < -0.4 is 0 Å². The van der Waals surface area contributed by atoms with Crippen molar-refractivity contribution in [3.8, 4) is 5.75 Å². The van der Waals surface area contributed by atoms with Gasteiger partial charge in [-0.2, -0.15) is 0 Å². The van der Waals surface area contributed by atoms with Gasteiger partial charge in [-0.15, -0.1) is 0 Å². The molecule has 1 heterocycles. The van der Waals surface area contributed by atoms with Crippen LogP contribution in [0.3, 0.4) is 0 Å². The Hall–Kier alpha value is -1.95. The van der Waals surface area contributed by atoms with E-state index in [0.717, 1.165) is 20.2 Å². The fraction of sp³-hybridized carbons (Fsp3) is 0. The van der Waals surface area contributed by atoms with E-state index >= 15 is 0 Å². The van der Waals surface area contributed by atoms with Crippen LogP contribution in [-0.2, 0) is 0 Å². The zero-order chi connectivity index (χ0) is 13.9. The van der Waals surface area contributed by atoms with Gasteiger partial charge in [-0.05, 0) is 52.9 Å². The van der Waals surface area contributed by atoms with Gasteiger partial charge in [0.25, 0.3) is 0 Å². The summed E-state index contributed by atoms with van der Waals surface area (Å²) in [5.41, 5.74) is 2.35. The van der Waals surface area contributed by atoms with Crippen molar-refractivity contribution in [2.45, 2.75) is 0 Å². The highest BCUT2D eigenvalue weighted by molar-refractivity contribution is 14.1. The second-order valence-corrected chi connectivity index (χ2v) is 5.56. The molecule has 3 aromatic rings. The molecule has 0 amide bonds. The molecular formula is C16H11IN2O. The van der Waals surface area contributed by atoms with Gasteiger partial charge in [-0.25, -0.2) is 0 Å². The largest absolute Gasteiger partial charge is 0.507 e. The minimum Gasteiger partial charge on any atom is -0.507 e. The number of hydrogen-bond acceptors (Lipinski definition) is 3. The van der Waals surface area contributed by atoms with Crippen molar-refractivity contribution in [1.82, 2.24) is 4.98 Å². The number of para-hydroxylation sites is 1. The van der Waals surface area contributed by atoms with E-state index in [2.05, 4.69) is 32.6 Å². The summed E-state index contributed by atoms with van der Waals surface area (Å²) < 4.78 is 1.05. The molecule has 1 aromatic heterocycles. The summed E-state index contributed by atoms with van der Waals surface area (Å²) >= 11 is 2.21. The maximum atomic E-state index is 9.82. The third-order valence-electron chi connectivity index (χ3n) is 2.94. The quantitative estimate of drug-likeness (QED) is 0.537. The third-order valence-corrected chi connectivity index (χ3v) is 3.61. The topological polar surface area (TPSA) is 45.5 Å². The van der Waals surface area contributed by atoms with Crippen molar-refractivity contribution in [2.75, 3.05) is 0 Å². The number of hydrogen-bond donors (Lipinski definition) is 1. The first-order chi connectivity index (χ1) is 9.74. The number of phenolic OH excluding ortho intramolecular Hbond substituents is 1. The average Bonchev–Trinajstić information content (AvgIpc) is 2.48. The van der Waals surface area contributed by atoms with Gasteiger partial charge in [0.2, 0.25) is 0 Å². The first kappa shape index (κ1) is 13.1. The molecule has 2 aromatic carbocycles. The molecule has 0 saturated carbocycles. The number of nitrogens with zero attached hydrogens (tertiary/aromatic N) is 2. The first-order valence-corrected chi connectivity index (χ1v) is 7.18. The van der Waals surface area contributed by atoms with Gasteiger partial charge in [-0.1, -0.05) is 18.2 Å². The van der Waals surface area contributed by atoms with Crippen LogP contribution in [0.4, 0.5) is 5.69 Å². The Morgan fingerprint density at radius 3 is 2.85 bits per heavy atom. The van der Waals surface area contributed by atoms with Gasteiger partial charge in [0.05, 0.1) is 11.2 Å². The van der Waals surface area contributed by atoms with Crippen molar-refractivity contribution in [1.29, 1.82) is 0 Å². The number of benzene rings is 2. The second-order valence-electron chi connectivity index (χ2n) is 4.31. The van der Waals surface area contributed by atoms with Gasteiger partial charge < -0.3 is 5.11 Å². The van der Waals surface area contributed by atoms with Crippen LogP contribution in [0.2, 0.25) is 0 Å². The van der Waals surface area contributed by atoms with Crippen molar-refractivity contribution >= 4 is 45.4 Å². The van der Waals surface area contributed by atoms with E-state index < -0.39 is 0 Å². The number of halogens is 1. The van der Waals surface area contributed by atoms with E-state index in [-0.39, 0.29) is 5.75 Å². The molecule has 98 valence electrons. The average molecular weight is 374 g/mol. The summed E-state index contributed by atoms with van der Waals surface area (Å²) in [7, 11) is 0. The summed E-state index contributed by atoms with van der Waals surface area (Å²) in [6.45, 7) is 0. The molecule has 0 spiro atoms. The summed E-state index contributed by atoms with van der Waals surface area (Å²) in [5, 5.41) is 10.9. The smallest absolute Gasteiger partial charge is 0.124 e. The van der Waals surface area contributed by atoms with Crippen LogP contribution >= 0.6 is 22.6 Å². The van der Waals surface area contributed by atoms with Gasteiger partial charge >= 0.3 is 0 Å². The van der Waals surface area contributed by atoms with Crippen LogP contribution in [-0.4, -0.2) is 16.3 Å². The van der Waals surface area contributed by atoms with E-state index in [4.69, 9.17) is 0 Å². The lowest BCUT2D eigenvalue weighted by atomic mass is 10.2. The molecule has 0 aliphatic heterocycles. The predicted octanol–water partition coefficient (Wildman–Crippen LogP) is 4.30. The molecule has 0 radical (unpaired) electrons. The molecular weight excluding hydrogens is 363 g/mol. The molecule has 0 fully saturated rings. The van der Waals surface area contributed by atoms with Crippen LogP contribution in [0.15, 0.2) is 59.7 Å². The summed E-state index contributed by atoms with van der Waals surface area (Å²) in [6.07, 6.45) is 3.42. The van der Waals surface area contributed by atoms with Crippen molar-refractivity contribution in [3.05, 3.63) is 63.9 Å². The molecule has 0 bridgehead atoms. The number of rotatable bonds is 2. The van der Waals surface area contributed by atoms with Crippen LogP contribution in [0.5, 0.6) is 5.75 Å². The molecule has 0 atom stereocenters. The molecule has 3 rings (SSSR count). The Kier molecular flexibility index (Phi) is 3.64. The highest BCUT2D eigenvalue weighted by atomic mass is 127. The zero-order valence-electron chi connectivity index (χ0n) is 10.5. The Balaban J connectivity index is 2.05. The molecule has 3 nitrogen and oxygen atoms in total. The minimum atomic E-state index is 0.224. The first-order valence-electron chi connectivity index (χ1n) is 6.10. The molecule has 4 heteroatoms. The molecule has 20 heavy (non-hydrogen) atoms. The lowest BCUT2D eigenvalue weighted by Gasteiger charge is -2.01. The number of phenols is 1. The van der Waals surface area contributed by atoms with E-state index in [1.165, 1.54) is 0 Å². The van der Waals surface area contributed by atoms with E-state index in [0.29, 0.717) is 5.56 Å². The monoisotopic (exact) mass is 374 g/mol. The zero-order valence-corrected chi connectivity index (χ0v) is 12.7. The normalized spacial score (nSPS) is 11.2. The number of aliphatic imine (C=N–C) groups is 1. The van der Waals surface area contributed by atoms with Crippen LogP contribution in [0.1, 0.15) is 5.56 Å². The molecule has 0 saturated heterocycles. The second kappa shape index (κ2) is 5.58. The summed E-state index contributed by atoms with van der Waals surface area (Å²) in [4.78, 5) is 8.81. The Labute approximate surface area is 130 Å². The predicted molar refractivity (Wildman–Crippen MR) is 89.8 cm³/mol. The summed E-state index contributed by atoms with van der Waals surface area (Å²) in [6, 6.07) is 15.2. The summed E-state index contributed by atoms with van der Waals surface area (Å²) in [5.74, 6) is 0.224. The minimum absolute atomic E-state index is 0.224. The Morgan fingerprint density at radius 1 is 1.10 bits per heavy atom. The highest BCUT2D eigenvalue weighted by Gasteiger charge is 2.01. The molecule has 0 unspecified atom stereocenters. The Bertz CT molecular complexity index is 794. The lowest BCUT2D eigenvalue weighted by molar-refractivity contribution is 0.474. The van der Waals surface area contributed by atoms with E-state index in [9.17, 15) is 5.11 Å². The highest BCUT2D eigenvalue weighted by Crippen LogP contribution is 2.24. The Morgan fingerprint density at radius 2 is 1.95 bits per heavy atom. The number of fused-ring (bicyclic) bond motifs is 1. The van der Waals surface area contributed by atoms with Crippen LogP contribution in [0.25, 0.3) is 10.9 Å². The third kappa shape index (κ3) is 2.65. The van der Waals surface area contributed by atoms with E-state index in [1.807, 2.05) is 42.5 Å². The number of pyridine rings is 1. The van der Waals surface area contributed by atoms with Crippen LogP contribution in [0, 0.1) is 3.57 Å². The molecule has 0 aliphatic carbocycles. The van der Waals surface area contributed by atoms with Crippen molar-refractivity contribution < 1.29 is 5.11 Å². The maximum Gasteiger partial charge on any atom is 0.124 e. The van der Waals surface area contributed by atoms with Crippen molar-refractivity contribution in [2.24, 2.45) is 4.99 Å². The molecule has 0 aliphatic rings. The van der Waals surface area contributed by atoms with Gasteiger partial charge in [0.1, 0.15) is 5.75 Å². The number of aromatic nitrogens is 1. The number of aromatic hydroxyl groups is 1. The maximum absolute atomic E-state index is 9.82. The van der Waals surface area contributed by atoms with Gasteiger partial charge in [-0.3, -0.25) is 9.98 Å². The fourth-order valence-electron chi connectivity index (χ4n) is 1.96. The molecule has 1 N–H and O–H groups in total. The van der Waals surface area contributed by atoms with Gasteiger partial charge in [0, 0.05) is 26.9 Å².